The normalized spacial score (nSPS) is 13.3. The van der Waals surface area contributed by atoms with E-state index in [9.17, 15) is 0 Å². The van der Waals surface area contributed by atoms with Crippen molar-refractivity contribution in [3.8, 4) is 0 Å². The fourth-order valence-corrected chi connectivity index (χ4v) is 2.21. The summed E-state index contributed by atoms with van der Waals surface area (Å²) in [5.74, 6) is 0. The van der Waals surface area contributed by atoms with Crippen LogP contribution in [0.25, 0.3) is 0 Å². The highest BCUT2D eigenvalue weighted by atomic mass is 16.3. The van der Waals surface area contributed by atoms with E-state index in [1.54, 1.807) is 0 Å². The SMILES string of the molecule is CCN(Cc1ccc(CO)cc1)C(C)CN(C)C. The molecule has 1 aromatic rings. The minimum atomic E-state index is 0.120. The van der Waals surface area contributed by atoms with E-state index in [1.165, 1.54) is 5.56 Å². The first-order chi connectivity index (χ1) is 8.56. The number of aliphatic hydroxyl groups excluding tert-OH is 1. The molecule has 1 atom stereocenters. The fourth-order valence-electron chi connectivity index (χ4n) is 2.21. The molecule has 1 rings (SSSR count). The molecule has 0 amide bonds. The van der Waals surface area contributed by atoms with Crippen molar-refractivity contribution in [3.63, 3.8) is 0 Å². The molecule has 1 unspecified atom stereocenters. The van der Waals surface area contributed by atoms with E-state index in [0.717, 1.165) is 25.2 Å². The molecule has 0 radical (unpaired) electrons. The molecule has 0 saturated carbocycles. The van der Waals surface area contributed by atoms with Gasteiger partial charge in [-0.1, -0.05) is 31.2 Å². The van der Waals surface area contributed by atoms with E-state index < -0.39 is 0 Å². The van der Waals surface area contributed by atoms with Gasteiger partial charge < -0.3 is 10.0 Å². The van der Waals surface area contributed by atoms with Crippen LogP contribution in [0.4, 0.5) is 0 Å². The summed E-state index contributed by atoms with van der Waals surface area (Å²) in [4.78, 5) is 4.69. The summed E-state index contributed by atoms with van der Waals surface area (Å²) in [7, 11) is 4.22. The van der Waals surface area contributed by atoms with Crippen LogP contribution in [0.5, 0.6) is 0 Å². The number of likely N-dealkylation sites (N-methyl/N-ethyl adjacent to an activating group) is 2. The second-order valence-corrected chi connectivity index (χ2v) is 5.15. The number of rotatable bonds is 7. The zero-order valence-corrected chi connectivity index (χ0v) is 12.1. The smallest absolute Gasteiger partial charge is 0.0681 e. The van der Waals surface area contributed by atoms with Gasteiger partial charge in [0.25, 0.3) is 0 Å². The second kappa shape index (κ2) is 7.52. The minimum absolute atomic E-state index is 0.120. The summed E-state index contributed by atoms with van der Waals surface area (Å²) >= 11 is 0. The van der Waals surface area contributed by atoms with Gasteiger partial charge in [-0.05, 0) is 38.7 Å². The quantitative estimate of drug-likeness (QED) is 0.801. The highest BCUT2D eigenvalue weighted by molar-refractivity contribution is 5.21. The van der Waals surface area contributed by atoms with Gasteiger partial charge in [-0.3, -0.25) is 4.90 Å². The van der Waals surface area contributed by atoms with Crippen LogP contribution in [0.2, 0.25) is 0 Å². The summed E-state index contributed by atoms with van der Waals surface area (Å²) in [6.07, 6.45) is 0. The Morgan fingerprint density at radius 2 is 1.67 bits per heavy atom. The van der Waals surface area contributed by atoms with Gasteiger partial charge in [0.2, 0.25) is 0 Å². The van der Waals surface area contributed by atoms with Crippen molar-refractivity contribution >= 4 is 0 Å². The molecular formula is C15H26N2O. The molecule has 1 aromatic carbocycles. The lowest BCUT2D eigenvalue weighted by Crippen LogP contribution is -2.39. The summed E-state index contributed by atoms with van der Waals surface area (Å²) in [6.45, 7) is 7.69. The van der Waals surface area contributed by atoms with Crippen LogP contribution in [0.1, 0.15) is 25.0 Å². The number of nitrogens with zero attached hydrogens (tertiary/aromatic N) is 2. The first kappa shape index (κ1) is 15.2. The molecule has 3 nitrogen and oxygen atoms in total. The van der Waals surface area contributed by atoms with E-state index in [2.05, 4.69) is 49.9 Å². The van der Waals surface area contributed by atoms with Crippen molar-refractivity contribution in [2.24, 2.45) is 0 Å². The Hall–Kier alpha value is -0.900. The van der Waals surface area contributed by atoms with Crippen molar-refractivity contribution in [2.45, 2.75) is 33.0 Å². The van der Waals surface area contributed by atoms with Crippen molar-refractivity contribution in [2.75, 3.05) is 27.2 Å². The third kappa shape index (κ3) is 4.77. The molecule has 0 spiro atoms. The second-order valence-electron chi connectivity index (χ2n) is 5.15. The van der Waals surface area contributed by atoms with E-state index in [4.69, 9.17) is 5.11 Å². The first-order valence-electron chi connectivity index (χ1n) is 6.64. The molecule has 0 aromatic heterocycles. The van der Waals surface area contributed by atoms with Gasteiger partial charge in [0.05, 0.1) is 6.61 Å². The predicted octanol–water partition coefficient (Wildman–Crippen LogP) is 1.95. The van der Waals surface area contributed by atoms with Gasteiger partial charge in [-0.2, -0.15) is 0 Å². The van der Waals surface area contributed by atoms with Gasteiger partial charge in [0.1, 0.15) is 0 Å². The molecule has 3 heteroatoms. The van der Waals surface area contributed by atoms with Crippen molar-refractivity contribution in [1.82, 2.24) is 9.80 Å². The van der Waals surface area contributed by atoms with Crippen molar-refractivity contribution < 1.29 is 5.11 Å². The zero-order chi connectivity index (χ0) is 13.5. The largest absolute Gasteiger partial charge is 0.392 e. The summed E-state index contributed by atoms with van der Waals surface area (Å²) in [6, 6.07) is 8.76. The van der Waals surface area contributed by atoms with Gasteiger partial charge in [0.15, 0.2) is 0 Å². The van der Waals surface area contributed by atoms with Crippen LogP contribution >= 0.6 is 0 Å². The monoisotopic (exact) mass is 250 g/mol. The molecule has 18 heavy (non-hydrogen) atoms. The molecule has 0 saturated heterocycles. The molecular weight excluding hydrogens is 224 g/mol. The molecule has 0 aliphatic carbocycles. The van der Waals surface area contributed by atoms with Crippen LogP contribution in [0, 0.1) is 0 Å². The number of benzene rings is 1. The van der Waals surface area contributed by atoms with Crippen molar-refractivity contribution in [3.05, 3.63) is 35.4 Å². The maximum Gasteiger partial charge on any atom is 0.0681 e. The van der Waals surface area contributed by atoms with E-state index in [-0.39, 0.29) is 6.61 Å². The summed E-state index contributed by atoms with van der Waals surface area (Å²) in [5.41, 5.74) is 2.28. The van der Waals surface area contributed by atoms with E-state index >= 15 is 0 Å². The van der Waals surface area contributed by atoms with Crippen molar-refractivity contribution in [1.29, 1.82) is 0 Å². The third-order valence-corrected chi connectivity index (χ3v) is 3.25. The van der Waals surface area contributed by atoms with Gasteiger partial charge in [0, 0.05) is 19.1 Å². The summed E-state index contributed by atoms with van der Waals surface area (Å²) < 4.78 is 0. The molecule has 0 aliphatic rings. The van der Waals surface area contributed by atoms with E-state index in [0.29, 0.717) is 6.04 Å². The lowest BCUT2D eigenvalue weighted by atomic mass is 10.1. The first-order valence-corrected chi connectivity index (χ1v) is 6.64. The number of hydrogen-bond acceptors (Lipinski definition) is 3. The molecule has 0 heterocycles. The maximum absolute atomic E-state index is 9.03. The van der Waals surface area contributed by atoms with Crippen LogP contribution in [-0.4, -0.2) is 48.1 Å². The number of hydrogen-bond donors (Lipinski definition) is 1. The highest BCUT2D eigenvalue weighted by Gasteiger charge is 2.13. The molecule has 0 bridgehead atoms. The van der Waals surface area contributed by atoms with E-state index in [1.807, 2.05) is 12.1 Å². The van der Waals surface area contributed by atoms with Crippen LogP contribution in [0.3, 0.4) is 0 Å². The Bertz CT molecular complexity index is 335. The molecule has 1 N–H and O–H groups in total. The maximum atomic E-state index is 9.03. The summed E-state index contributed by atoms with van der Waals surface area (Å²) in [5, 5.41) is 9.03. The van der Waals surface area contributed by atoms with Gasteiger partial charge in [-0.15, -0.1) is 0 Å². The van der Waals surface area contributed by atoms with Gasteiger partial charge in [-0.25, -0.2) is 0 Å². The zero-order valence-electron chi connectivity index (χ0n) is 12.1. The minimum Gasteiger partial charge on any atom is -0.392 e. The van der Waals surface area contributed by atoms with Crippen LogP contribution in [-0.2, 0) is 13.2 Å². The third-order valence-electron chi connectivity index (χ3n) is 3.25. The standard InChI is InChI=1S/C15H26N2O/c1-5-17(13(2)10-16(3)4)11-14-6-8-15(12-18)9-7-14/h6-9,13,18H,5,10-12H2,1-4H3. The van der Waals surface area contributed by atoms with Crippen LogP contribution < -0.4 is 0 Å². The Balaban J connectivity index is 2.61. The predicted molar refractivity (Wildman–Crippen MR) is 76.5 cm³/mol. The lowest BCUT2D eigenvalue weighted by molar-refractivity contribution is 0.174. The van der Waals surface area contributed by atoms with Gasteiger partial charge >= 0.3 is 0 Å². The van der Waals surface area contributed by atoms with Crippen LogP contribution in [0.15, 0.2) is 24.3 Å². The fraction of sp³-hybridized carbons (Fsp3) is 0.600. The Morgan fingerprint density at radius 1 is 1.11 bits per heavy atom. The molecule has 102 valence electrons. The number of aliphatic hydroxyl groups is 1. The highest BCUT2D eigenvalue weighted by Crippen LogP contribution is 2.10. The Morgan fingerprint density at radius 3 is 2.11 bits per heavy atom. The topological polar surface area (TPSA) is 26.7 Å². The average molecular weight is 250 g/mol. The average Bonchev–Trinajstić information content (AvgIpc) is 2.35. The molecule has 0 fully saturated rings. The Kier molecular flexibility index (Phi) is 6.33. The molecule has 0 aliphatic heterocycles. The Labute approximate surface area is 111 Å². The lowest BCUT2D eigenvalue weighted by Gasteiger charge is -2.30.